The molecule has 1 atom stereocenters. The molecular formula is C21H33FN3O2P. The number of morpholine rings is 1. The van der Waals surface area contributed by atoms with Crippen molar-refractivity contribution in [2.45, 2.75) is 44.3 Å². The highest BCUT2D eigenvalue weighted by Gasteiger charge is 2.48. The van der Waals surface area contributed by atoms with Gasteiger partial charge < -0.3 is 4.74 Å². The van der Waals surface area contributed by atoms with Gasteiger partial charge in [0.2, 0.25) is 7.44 Å². The predicted octanol–water partition coefficient (Wildman–Crippen LogP) is 4.32. The number of hydrogen-bond acceptors (Lipinski definition) is 3. The molecule has 0 amide bonds. The van der Waals surface area contributed by atoms with Crippen LogP contribution >= 0.6 is 7.44 Å². The number of rotatable bonds is 5. The molecule has 3 aliphatic heterocycles. The molecule has 1 aromatic rings. The molecule has 3 fully saturated rings. The van der Waals surface area contributed by atoms with Gasteiger partial charge >= 0.3 is 0 Å². The summed E-state index contributed by atoms with van der Waals surface area (Å²) in [5.74, 6) is -0.455. The molecule has 156 valence electrons. The number of hydrogen-bond donors (Lipinski definition) is 0. The minimum Gasteiger partial charge on any atom is -0.379 e. The van der Waals surface area contributed by atoms with E-state index in [1.165, 1.54) is 25.0 Å². The maximum Gasteiger partial charge on any atom is 0.237 e. The quantitative estimate of drug-likeness (QED) is 0.677. The average Bonchev–Trinajstić information content (AvgIpc) is 2.77. The van der Waals surface area contributed by atoms with Crippen LogP contribution in [-0.2, 0) is 9.30 Å². The van der Waals surface area contributed by atoms with Crippen LogP contribution in [0.4, 0.5) is 4.39 Å². The minimum absolute atomic E-state index is 0.215. The zero-order valence-electron chi connectivity index (χ0n) is 16.8. The van der Waals surface area contributed by atoms with Crippen molar-refractivity contribution >= 4 is 7.44 Å². The zero-order valence-corrected chi connectivity index (χ0v) is 17.7. The summed E-state index contributed by atoms with van der Waals surface area (Å²) in [6, 6.07) is 6.71. The number of halogens is 1. The summed E-state index contributed by atoms with van der Waals surface area (Å²) in [6.45, 7) is 6.47. The maximum atomic E-state index is 15.1. The molecule has 0 aromatic heterocycles. The van der Waals surface area contributed by atoms with E-state index in [-0.39, 0.29) is 11.6 Å². The molecule has 28 heavy (non-hydrogen) atoms. The summed E-state index contributed by atoms with van der Waals surface area (Å²) in [4.78, 5) is 2.33. The first-order valence-corrected chi connectivity index (χ1v) is 12.6. The lowest BCUT2D eigenvalue weighted by Crippen LogP contribution is -2.46. The van der Waals surface area contributed by atoms with Gasteiger partial charge in [0.25, 0.3) is 0 Å². The second-order valence-corrected chi connectivity index (χ2v) is 11.0. The van der Waals surface area contributed by atoms with Crippen molar-refractivity contribution in [2.24, 2.45) is 0 Å². The standard InChI is InChI=1S/C21H33FN3O2P/c22-20-9-7-19(8-10-20)21(23-15-17-27-18-16-23)28(26,24-11-3-1-4-12-24)25-13-5-2-6-14-25/h7-10,21H,1-6,11-18H2. The molecule has 1 aromatic carbocycles. The van der Waals surface area contributed by atoms with Gasteiger partial charge in [0.15, 0.2) is 0 Å². The monoisotopic (exact) mass is 409 g/mol. The lowest BCUT2D eigenvalue weighted by atomic mass is 10.2. The van der Waals surface area contributed by atoms with Crippen molar-refractivity contribution in [3.8, 4) is 0 Å². The molecule has 0 spiro atoms. The smallest absolute Gasteiger partial charge is 0.237 e. The largest absolute Gasteiger partial charge is 0.379 e. The predicted molar refractivity (Wildman–Crippen MR) is 110 cm³/mol. The zero-order chi connectivity index (χ0) is 19.4. The van der Waals surface area contributed by atoms with Gasteiger partial charge in [0.1, 0.15) is 11.6 Å². The van der Waals surface area contributed by atoms with Crippen LogP contribution in [0, 0.1) is 5.82 Å². The highest BCUT2D eigenvalue weighted by Crippen LogP contribution is 2.66. The number of piperidine rings is 2. The first-order chi connectivity index (χ1) is 13.7. The van der Waals surface area contributed by atoms with E-state index in [0.717, 1.165) is 70.5 Å². The Morgan fingerprint density at radius 3 is 1.79 bits per heavy atom. The molecule has 3 saturated heterocycles. The Hall–Kier alpha value is -0.780. The van der Waals surface area contributed by atoms with Crippen molar-refractivity contribution < 1.29 is 13.7 Å². The van der Waals surface area contributed by atoms with E-state index in [9.17, 15) is 4.39 Å². The van der Waals surface area contributed by atoms with Gasteiger partial charge in [-0.1, -0.05) is 25.0 Å². The molecule has 0 radical (unpaired) electrons. The molecule has 3 aliphatic rings. The molecule has 0 saturated carbocycles. The molecule has 3 heterocycles. The van der Waals surface area contributed by atoms with Gasteiger partial charge in [-0.3, -0.25) is 9.46 Å². The number of nitrogens with zero attached hydrogens (tertiary/aromatic N) is 3. The van der Waals surface area contributed by atoms with E-state index in [1.807, 2.05) is 12.1 Å². The van der Waals surface area contributed by atoms with E-state index in [2.05, 4.69) is 14.2 Å². The van der Waals surface area contributed by atoms with Crippen LogP contribution in [0.15, 0.2) is 24.3 Å². The molecule has 4 rings (SSSR count). The van der Waals surface area contributed by atoms with Gasteiger partial charge in [-0.05, 0) is 43.4 Å². The summed E-state index contributed by atoms with van der Waals surface area (Å²) >= 11 is 0. The van der Waals surface area contributed by atoms with Crippen LogP contribution in [0.25, 0.3) is 0 Å². The highest BCUT2D eigenvalue weighted by atomic mass is 31.2. The maximum absolute atomic E-state index is 15.1. The SMILES string of the molecule is O=P(C(c1ccc(F)cc1)N1CCOCC1)(N1CCCCC1)N1CCCCC1. The molecule has 0 aliphatic carbocycles. The van der Waals surface area contributed by atoms with Crippen molar-refractivity contribution in [3.05, 3.63) is 35.6 Å². The Morgan fingerprint density at radius 2 is 1.29 bits per heavy atom. The van der Waals surface area contributed by atoms with Crippen LogP contribution in [0.3, 0.4) is 0 Å². The van der Waals surface area contributed by atoms with Crippen LogP contribution in [0.1, 0.15) is 49.9 Å². The Morgan fingerprint density at radius 1 is 0.786 bits per heavy atom. The van der Waals surface area contributed by atoms with E-state index >= 15 is 4.57 Å². The van der Waals surface area contributed by atoms with Crippen LogP contribution in [0.5, 0.6) is 0 Å². The molecule has 7 heteroatoms. The molecule has 1 unspecified atom stereocenters. The summed E-state index contributed by atoms with van der Waals surface area (Å²) in [5, 5.41) is 0. The lowest BCUT2D eigenvalue weighted by Gasteiger charge is -2.49. The Bertz CT molecular complexity index is 647. The van der Waals surface area contributed by atoms with Crippen LogP contribution in [0.2, 0.25) is 0 Å². The first-order valence-electron chi connectivity index (χ1n) is 10.9. The van der Waals surface area contributed by atoms with E-state index in [1.54, 1.807) is 0 Å². The summed E-state index contributed by atoms with van der Waals surface area (Å²) < 4.78 is 38.9. The Balaban J connectivity index is 1.76. The van der Waals surface area contributed by atoms with Gasteiger partial charge in [-0.2, -0.15) is 0 Å². The second kappa shape index (κ2) is 9.36. The van der Waals surface area contributed by atoms with Crippen molar-refractivity contribution in [1.29, 1.82) is 0 Å². The van der Waals surface area contributed by atoms with Gasteiger partial charge in [0, 0.05) is 39.3 Å². The van der Waals surface area contributed by atoms with Gasteiger partial charge in [0.05, 0.1) is 13.2 Å². The van der Waals surface area contributed by atoms with Crippen molar-refractivity contribution in [3.63, 3.8) is 0 Å². The molecule has 5 nitrogen and oxygen atoms in total. The normalized spacial score (nSPS) is 24.9. The fourth-order valence-corrected chi connectivity index (χ4v) is 8.80. The highest BCUT2D eigenvalue weighted by molar-refractivity contribution is 7.59. The van der Waals surface area contributed by atoms with Crippen LogP contribution < -0.4 is 0 Å². The fraction of sp³-hybridized carbons (Fsp3) is 0.714. The van der Waals surface area contributed by atoms with E-state index in [4.69, 9.17) is 4.74 Å². The lowest BCUT2D eigenvalue weighted by molar-refractivity contribution is 0.0273. The van der Waals surface area contributed by atoms with E-state index < -0.39 is 7.44 Å². The average molecular weight is 409 g/mol. The Labute approximate surface area is 168 Å². The number of benzene rings is 1. The summed E-state index contributed by atoms with van der Waals surface area (Å²) in [5.41, 5.74) is 0.975. The summed E-state index contributed by atoms with van der Waals surface area (Å²) in [6.07, 6.45) is 6.87. The number of ether oxygens (including phenoxy) is 1. The molecular weight excluding hydrogens is 376 g/mol. The topological polar surface area (TPSA) is 36.0 Å². The van der Waals surface area contributed by atoms with Crippen LogP contribution in [-0.4, -0.2) is 66.7 Å². The third-order valence-corrected chi connectivity index (χ3v) is 10.0. The third-order valence-electron chi connectivity index (χ3n) is 6.35. The Kier molecular flexibility index (Phi) is 6.85. The molecule has 0 N–H and O–H groups in total. The third kappa shape index (κ3) is 4.22. The van der Waals surface area contributed by atoms with E-state index in [0.29, 0.717) is 13.2 Å². The van der Waals surface area contributed by atoms with Crippen molar-refractivity contribution in [1.82, 2.24) is 14.2 Å². The summed E-state index contributed by atoms with van der Waals surface area (Å²) in [7, 11) is -2.87. The van der Waals surface area contributed by atoms with Gasteiger partial charge in [-0.25, -0.2) is 13.7 Å². The van der Waals surface area contributed by atoms with Gasteiger partial charge in [-0.15, -0.1) is 0 Å². The second-order valence-electron chi connectivity index (χ2n) is 8.19. The van der Waals surface area contributed by atoms with Crippen molar-refractivity contribution in [2.75, 3.05) is 52.5 Å². The fourth-order valence-electron chi connectivity index (χ4n) is 4.89. The first kappa shape index (κ1) is 20.5. The molecule has 0 bridgehead atoms. The minimum atomic E-state index is -2.87.